The van der Waals surface area contributed by atoms with Gasteiger partial charge in [-0.25, -0.2) is 4.79 Å². The lowest BCUT2D eigenvalue weighted by Crippen LogP contribution is -2.12. The number of benzene rings is 1. The topological polar surface area (TPSA) is 78.3 Å². The number of esters is 1. The highest BCUT2D eigenvalue weighted by Crippen LogP contribution is 2.16. The average Bonchev–Trinajstić information content (AvgIpc) is 2.35. The van der Waals surface area contributed by atoms with E-state index in [0.717, 1.165) is 18.4 Å². The first kappa shape index (κ1) is 12.7. The Morgan fingerprint density at radius 2 is 2.00 bits per heavy atom. The molecule has 88 valence electrons. The number of carbonyl (C=O) groups excluding carboxylic acids is 1. The molecule has 1 atom stereocenters. The standard InChI is InChI=1S/C12H18N2O2/c1-16-12(15)10-6-4-9(5-7-10)11(14)3-2-8-13/h4-7,11H,2-3,8,13-14H2,1H3/t11-/m0/s1. The van der Waals surface area contributed by atoms with Gasteiger partial charge in [0.2, 0.25) is 0 Å². The molecule has 4 nitrogen and oxygen atoms in total. The zero-order valence-electron chi connectivity index (χ0n) is 9.48. The van der Waals surface area contributed by atoms with Gasteiger partial charge in [-0.3, -0.25) is 0 Å². The summed E-state index contributed by atoms with van der Waals surface area (Å²) in [6.45, 7) is 0.647. The molecule has 0 fully saturated rings. The Morgan fingerprint density at radius 1 is 1.38 bits per heavy atom. The van der Waals surface area contributed by atoms with E-state index in [9.17, 15) is 4.79 Å². The van der Waals surface area contributed by atoms with Gasteiger partial charge in [-0.05, 0) is 37.1 Å². The fourth-order valence-electron chi connectivity index (χ4n) is 1.49. The van der Waals surface area contributed by atoms with Crippen molar-refractivity contribution in [3.63, 3.8) is 0 Å². The van der Waals surface area contributed by atoms with Crippen molar-refractivity contribution >= 4 is 5.97 Å². The molecular weight excluding hydrogens is 204 g/mol. The van der Waals surface area contributed by atoms with Crippen molar-refractivity contribution in [2.45, 2.75) is 18.9 Å². The third-order valence-electron chi connectivity index (χ3n) is 2.48. The molecule has 4 N–H and O–H groups in total. The van der Waals surface area contributed by atoms with E-state index in [1.165, 1.54) is 7.11 Å². The second-order valence-corrected chi connectivity index (χ2v) is 3.65. The number of carbonyl (C=O) groups is 1. The van der Waals surface area contributed by atoms with Gasteiger partial charge in [0.05, 0.1) is 12.7 Å². The largest absolute Gasteiger partial charge is 0.465 e. The second kappa shape index (κ2) is 6.25. The van der Waals surface area contributed by atoms with Crippen LogP contribution in [-0.4, -0.2) is 19.6 Å². The van der Waals surface area contributed by atoms with Crippen LogP contribution in [0.3, 0.4) is 0 Å². The lowest BCUT2D eigenvalue weighted by Gasteiger charge is -2.11. The van der Waals surface area contributed by atoms with Gasteiger partial charge < -0.3 is 16.2 Å². The van der Waals surface area contributed by atoms with Crippen LogP contribution in [0.15, 0.2) is 24.3 Å². The number of hydrogen-bond acceptors (Lipinski definition) is 4. The van der Waals surface area contributed by atoms with Crippen molar-refractivity contribution in [1.29, 1.82) is 0 Å². The highest BCUT2D eigenvalue weighted by atomic mass is 16.5. The molecule has 0 bridgehead atoms. The Balaban J connectivity index is 2.67. The molecule has 0 aromatic heterocycles. The van der Waals surface area contributed by atoms with Crippen LogP contribution in [-0.2, 0) is 4.74 Å². The molecule has 0 amide bonds. The van der Waals surface area contributed by atoms with Crippen LogP contribution < -0.4 is 11.5 Å². The van der Waals surface area contributed by atoms with Crippen LogP contribution in [0.2, 0.25) is 0 Å². The van der Waals surface area contributed by atoms with Crippen molar-refractivity contribution in [2.75, 3.05) is 13.7 Å². The number of hydrogen-bond donors (Lipinski definition) is 2. The Kier molecular flexibility index (Phi) is 4.95. The van der Waals surface area contributed by atoms with E-state index < -0.39 is 0 Å². The normalized spacial score (nSPS) is 12.2. The predicted molar refractivity (Wildman–Crippen MR) is 63.0 cm³/mol. The molecular formula is C12H18N2O2. The van der Waals surface area contributed by atoms with E-state index in [-0.39, 0.29) is 12.0 Å². The van der Waals surface area contributed by atoms with Crippen LogP contribution in [0, 0.1) is 0 Å². The molecule has 0 saturated heterocycles. The fraction of sp³-hybridized carbons (Fsp3) is 0.417. The molecule has 0 aliphatic heterocycles. The summed E-state index contributed by atoms with van der Waals surface area (Å²) in [5.74, 6) is -0.331. The van der Waals surface area contributed by atoms with E-state index in [2.05, 4.69) is 4.74 Å². The van der Waals surface area contributed by atoms with Crippen molar-refractivity contribution in [3.8, 4) is 0 Å². The summed E-state index contributed by atoms with van der Waals surface area (Å²) in [5, 5.41) is 0. The highest BCUT2D eigenvalue weighted by Gasteiger charge is 2.08. The van der Waals surface area contributed by atoms with E-state index in [0.29, 0.717) is 12.1 Å². The third-order valence-corrected chi connectivity index (χ3v) is 2.48. The smallest absolute Gasteiger partial charge is 0.337 e. The third kappa shape index (κ3) is 3.32. The summed E-state index contributed by atoms with van der Waals surface area (Å²) < 4.78 is 4.61. The molecule has 0 heterocycles. The molecule has 0 spiro atoms. The molecule has 1 aromatic carbocycles. The quantitative estimate of drug-likeness (QED) is 0.734. The zero-order chi connectivity index (χ0) is 12.0. The van der Waals surface area contributed by atoms with Crippen molar-refractivity contribution in [1.82, 2.24) is 0 Å². The van der Waals surface area contributed by atoms with Crippen LogP contribution in [0.1, 0.15) is 34.8 Å². The van der Waals surface area contributed by atoms with Gasteiger partial charge in [-0.2, -0.15) is 0 Å². The minimum atomic E-state index is -0.331. The van der Waals surface area contributed by atoms with Crippen molar-refractivity contribution < 1.29 is 9.53 Å². The number of nitrogens with two attached hydrogens (primary N) is 2. The minimum absolute atomic E-state index is 0.0183. The van der Waals surface area contributed by atoms with Gasteiger partial charge >= 0.3 is 5.97 Å². The first-order valence-electron chi connectivity index (χ1n) is 5.33. The van der Waals surface area contributed by atoms with Crippen molar-refractivity contribution in [3.05, 3.63) is 35.4 Å². The monoisotopic (exact) mass is 222 g/mol. The maximum Gasteiger partial charge on any atom is 0.337 e. The number of rotatable bonds is 5. The first-order chi connectivity index (χ1) is 7.69. The molecule has 1 aromatic rings. The Morgan fingerprint density at radius 3 is 2.50 bits per heavy atom. The molecule has 0 saturated carbocycles. The fourth-order valence-corrected chi connectivity index (χ4v) is 1.49. The summed E-state index contributed by atoms with van der Waals surface area (Å²) in [6.07, 6.45) is 1.76. The number of ether oxygens (including phenoxy) is 1. The van der Waals surface area contributed by atoms with Gasteiger partial charge in [-0.15, -0.1) is 0 Å². The maximum atomic E-state index is 11.2. The summed E-state index contributed by atoms with van der Waals surface area (Å²) in [4.78, 5) is 11.2. The molecule has 4 heteroatoms. The minimum Gasteiger partial charge on any atom is -0.465 e. The van der Waals surface area contributed by atoms with Gasteiger partial charge in [0, 0.05) is 6.04 Å². The SMILES string of the molecule is COC(=O)c1ccc([C@@H](N)CCCN)cc1. The molecule has 16 heavy (non-hydrogen) atoms. The predicted octanol–water partition coefficient (Wildman–Crippen LogP) is 1.21. The molecule has 0 unspecified atom stereocenters. The van der Waals surface area contributed by atoms with E-state index in [1.54, 1.807) is 12.1 Å². The van der Waals surface area contributed by atoms with Crippen LogP contribution in [0.25, 0.3) is 0 Å². The Hall–Kier alpha value is -1.39. The first-order valence-corrected chi connectivity index (χ1v) is 5.33. The Labute approximate surface area is 95.6 Å². The van der Waals surface area contributed by atoms with Crippen molar-refractivity contribution in [2.24, 2.45) is 11.5 Å². The summed E-state index contributed by atoms with van der Waals surface area (Å²) in [5.41, 5.74) is 12.9. The van der Waals surface area contributed by atoms with Crippen LogP contribution >= 0.6 is 0 Å². The van der Waals surface area contributed by atoms with Gasteiger partial charge in [0.25, 0.3) is 0 Å². The lowest BCUT2D eigenvalue weighted by molar-refractivity contribution is 0.0600. The molecule has 1 rings (SSSR count). The lowest BCUT2D eigenvalue weighted by atomic mass is 10.0. The van der Waals surface area contributed by atoms with Gasteiger partial charge in [0.15, 0.2) is 0 Å². The van der Waals surface area contributed by atoms with Crippen LogP contribution in [0.5, 0.6) is 0 Å². The molecule has 0 aliphatic rings. The molecule has 0 aliphatic carbocycles. The van der Waals surface area contributed by atoms with Crippen LogP contribution in [0.4, 0.5) is 0 Å². The highest BCUT2D eigenvalue weighted by molar-refractivity contribution is 5.89. The van der Waals surface area contributed by atoms with E-state index in [4.69, 9.17) is 11.5 Å². The summed E-state index contributed by atoms with van der Waals surface area (Å²) in [7, 11) is 1.36. The van der Waals surface area contributed by atoms with E-state index >= 15 is 0 Å². The maximum absolute atomic E-state index is 11.2. The van der Waals surface area contributed by atoms with E-state index in [1.807, 2.05) is 12.1 Å². The Bertz CT molecular complexity index is 335. The summed E-state index contributed by atoms with van der Waals surface area (Å²) in [6, 6.07) is 7.14. The summed E-state index contributed by atoms with van der Waals surface area (Å²) >= 11 is 0. The molecule has 0 radical (unpaired) electrons. The zero-order valence-corrected chi connectivity index (χ0v) is 9.48. The van der Waals surface area contributed by atoms with Gasteiger partial charge in [-0.1, -0.05) is 12.1 Å². The van der Waals surface area contributed by atoms with Gasteiger partial charge in [0.1, 0.15) is 0 Å². The number of methoxy groups -OCH3 is 1. The average molecular weight is 222 g/mol. The second-order valence-electron chi connectivity index (χ2n) is 3.65.